The molecular weight excluding hydrogens is 224 g/mol. The van der Waals surface area contributed by atoms with Crippen LogP contribution < -0.4 is 11.1 Å². The van der Waals surface area contributed by atoms with Crippen LogP contribution in [0.5, 0.6) is 0 Å². The first kappa shape index (κ1) is 12.9. The Kier molecular flexibility index (Phi) is 4.24. The van der Waals surface area contributed by atoms with Gasteiger partial charge in [-0.05, 0) is 36.5 Å². The van der Waals surface area contributed by atoms with Gasteiger partial charge in [-0.15, -0.1) is 0 Å². The highest BCUT2D eigenvalue weighted by atomic mass is 16.1. The lowest BCUT2D eigenvalue weighted by molar-refractivity contribution is -0.121. The van der Waals surface area contributed by atoms with Crippen LogP contribution in [-0.2, 0) is 17.6 Å². The Bertz CT molecular complexity index is 429. The summed E-state index contributed by atoms with van der Waals surface area (Å²) in [5, 5.41) is 3.12. The summed E-state index contributed by atoms with van der Waals surface area (Å²) in [6, 6.07) is 6.26. The van der Waals surface area contributed by atoms with Gasteiger partial charge in [0.2, 0.25) is 5.91 Å². The zero-order chi connectivity index (χ0) is 13.0. The van der Waals surface area contributed by atoms with Crippen molar-refractivity contribution in [3.8, 4) is 0 Å². The number of benzene rings is 1. The van der Waals surface area contributed by atoms with Crippen molar-refractivity contribution in [1.82, 2.24) is 5.32 Å². The molecule has 0 aromatic heterocycles. The molecule has 3 N–H and O–H groups in total. The van der Waals surface area contributed by atoms with Crippen molar-refractivity contribution in [1.29, 1.82) is 0 Å². The van der Waals surface area contributed by atoms with Crippen LogP contribution in [0.4, 0.5) is 5.69 Å². The van der Waals surface area contributed by atoms with E-state index in [2.05, 4.69) is 18.3 Å². The average Bonchev–Trinajstić information content (AvgIpc) is 2.73. The van der Waals surface area contributed by atoms with Crippen molar-refractivity contribution in [2.24, 2.45) is 0 Å². The van der Waals surface area contributed by atoms with Crippen LogP contribution >= 0.6 is 0 Å². The molecule has 1 aromatic carbocycles. The van der Waals surface area contributed by atoms with Gasteiger partial charge in [-0.25, -0.2) is 0 Å². The van der Waals surface area contributed by atoms with Gasteiger partial charge in [0.15, 0.2) is 0 Å². The summed E-state index contributed by atoms with van der Waals surface area (Å²) < 4.78 is 0. The van der Waals surface area contributed by atoms with Crippen LogP contribution in [-0.4, -0.2) is 11.9 Å². The van der Waals surface area contributed by atoms with Crippen LogP contribution in [0, 0.1) is 0 Å². The third kappa shape index (κ3) is 3.03. The van der Waals surface area contributed by atoms with Gasteiger partial charge in [0.25, 0.3) is 0 Å². The molecule has 3 nitrogen and oxygen atoms in total. The zero-order valence-electron chi connectivity index (χ0n) is 11.0. The first-order valence-electron chi connectivity index (χ1n) is 6.86. The lowest BCUT2D eigenvalue weighted by atomic mass is 10.1. The number of carbonyl (C=O) groups is 1. The molecule has 0 saturated heterocycles. The number of hydrogen-bond donors (Lipinski definition) is 2. The summed E-state index contributed by atoms with van der Waals surface area (Å²) >= 11 is 0. The highest BCUT2D eigenvalue weighted by molar-refractivity contribution is 5.76. The number of amides is 1. The monoisotopic (exact) mass is 246 g/mol. The molecule has 0 saturated carbocycles. The molecule has 1 aliphatic carbocycles. The second-order valence-electron chi connectivity index (χ2n) is 5.11. The van der Waals surface area contributed by atoms with Crippen LogP contribution in [0.1, 0.15) is 43.7 Å². The number of unbranched alkanes of at least 4 members (excludes halogenated alkanes) is 2. The second-order valence-corrected chi connectivity index (χ2v) is 5.11. The molecule has 2 rings (SSSR count). The number of fused-ring (bicyclic) bond motifs is 1. The number of rotatable bonds is 5. The van der Waals surface area contributed by atoms with Gasteiger partial charge < -0.3 is 11.1 Å². The van der Waals surface area contributed by atoms with Gasteiger partial charge in [0, 0.05) is 18.2 Å². The van der Waals surface area contributed by atoms with Gasteiger partial charge in [-0.3, -0.25) is 4.79 Å². The molecule has 0 heterocycles. The quantitative estimate of drug-likeness (QED) is 0.619. The molecular formula is C15H22N2O. The fourth-order valence-electron chi connectivity index (χ4n) is 2.62. The minimum absolute atomic E-state index is 0.180. The summed E-state index contributed by atoms with van der Waals surface area (Å²) in [5.74, 6) is 0.180. The molecule has 1 aromatic rings. The van der Waals surface area contributed by atoms with E-state index in [0.29, 0.717) is 6.42 Å². The van der Waals surface area contributed by atoms with Crippen molar-refractivity contribution in [2.45, 2.75) is 51.5 Å². The third-order valence-electron chi connectivity index (χ3n) is 3.60. The predicted octanol–water partition coefficient (Wildman–Crippen LogP) is 2.43. The number of nitrogens with two attached hydrogens (primary N) is 1. The minimum Gasteiger partial charge on any atom is -0.398 e. The SMILES string of the molecule is CCCCCC(=O)NC1Cc2cccc(N)c2C1. The molecule has 3 heteroatoms. The van der Waals surface area contributed by atoms with Crippen LogP contribution in [0.15, 0.2) is 18.2 Å². The van der Waals surface area contributed by atoms with E-state index in [1.807, 2.05) is 12.1 Å². The number of nitrogen functional groups attached to an aromatic ring is 1. The van der Waals surface area contributed by atoms with Crippen molar-refractivity contribution in [3.05, 3.63) is 29.3 Å². The molecule has 1 aliphatic rings. The lowest BCUT2D eigenvalue weighted by Crippen LogP contribution is -2.35. The Morgan fingerprint density at radius 2 is 2.22 bits per heavy atom. The standard InChI is InChI=1S/C15H22N2O/c1-2-3-4-8-15(18)17-12-9-11-6-5-7-14(16)13(11)10-12/h5-7,12H,2-4,8-10,16H2,1H3,(H,17,18). The Balaban J connectivity index is 1.84. The van der Waals surface area contributed by atoms with Crippen LogP contribution in [0.3, 0.4) is 0 Å². The summed E-state index contributed by atoms with van der Waals surface area (Å²) in [6.07, 6.45) is 5.71. The fourth-order valence-corrected chi connectivity index (χ4v) is 2.62. The second kappa shape index (κ2) is 5.89. The normalized spacial score (nSPS) is 17.5. The largest absolute Gasteiger partial charge is 0.398 e. The third-order valence-corrected chi connectivity index (χ3v) is 3.60. The van der Waals surface area contributed by atoms with E-state index in [0.717, 1.165) is 37.8 Å². The van der Waals surface area contributed by atoms with E-state index in [1.54, 1.807) is 0 Å². The van der Waals surface area contributed by atoms with E-state index in [-0.39, 0.29) is 11.9 Å². The maximum atomic E-state index is 11.8. The highest BCUT2D eigenvalue weighted by Gasteiger charge is 2.23. The minimum atomic E-state index is 0.180. The Morgan fingerprint density at radius 3 is 2.94 bits per heavy atom. The average molecular weight is 246 g/mol. The van der Waals surface area contributed by atoms with Crippen molar-refractivity contribution >= 4 is 11.6 Å². The van der Waals surface area contributed by atoms with Gasteiger partial charge >= 0.3 is 0 Å². The zero-order valence-corrected chi connectivity index (χ0v) is 11.0. The molecule has 0 aliphatic heterocycles. The van der Waals surface area contributed by atoms with E-state index >= 15 is 0 Å². The number of nitrogens with one attached hydrogen (secondary N) is 1. The first-order valence-corrected chi connectivity index (χ1v) is 6.86. The Labute approximate surface area is 109 Å². The molecule has 0 fully saturated rings. The molecule has 1 atom stereocenters. The van der Waals surface area contributed by atoms with Gasteiger partial charge in [-0.1, -0.05) is 31.9 Å². The van der Waals surface area contributed by atoms with Crippen LogP contribution in [0.2, 0.25) is 0 Å². The van der Waals surface area contributed by atoms with Crippen molar-refractivity contribution < 1.29 is 4.79 Å². The highest BCUT2D eigenvalue weighted by Crippen LogP contribution is 2.27. The molecule has 1 unspecified atom stereocenters. The van der Waals surface area contributed by atoms with Crippen molar-refractivity contribution in [2.75, 3.05) is 5.73 Å². The molecule has 0 bridgehead atoms. The molecule has 1 amide bonds. The molecule has 18 heavy (non-hydrogen) atoms. The van der Waals surface area contributed by atoms with Gasteiger partial charge in [0.1, 0.15) is 0 Å². The summed E-state index contributed by atoms with van der Waals surface area (Å²) in [6.45, 7) is 2.15. The number of carbonyl (C=O) groups excluding carboxylic acids is 1. The molecule has 0 spiro atoms. The van der Waals surface area contributed by atoms with Gasteiger partial charge in [-0.2, -0.15) is 0 Å². The molecule has 98 valence electrons. The van der Waals surface area contributed by atoms with Gasteiger partial charge in [0.05, 0.1) is 0 Å². The molecule has 0 radical (unpaired) electrons. The van der Waals surface area contributed by atoms with Crippen LogP contribution in [0.25, 0.3) is 0 Å². The maximum absolute atomic E-state index is 11.8. The fraction of sp³-hybridized carbons (Fsp3) is 0.533. The maximum Gasteiger partial charge on any atom is 0.220 e. The van der Waals surface area contributed by atoms with E-state index in [4.69, 9.17) is 5.73 Å². The number of hydrogen-bond acceptors (Lipinski definition) is 2. The topological polar surface area (TPSA) is 55.1 Å². The smallest absolute Gasteiger partial charge is 0.220 e. The first-order chi connectivity index (χ1) is 8.70. The van der Waals surface area contributed by atoms with E-state index in [1.165, 1.54) is 11.1 Å². The number of anilines is 1. The summed E-state index contributed by atoms with van der Waals surface area (Å²) in [7, 11) is 0. The lowest BCUT2D eigenvalue weighted by Gasteiger charge is -2.11. The Morgan fingerprint density at radius 1 is 1.39 bits per heavy atom. The summed E-state index contributed by atoms with van der Waals surface area (Å²) in [5.41, 5.74) is 9.31. The summed E-state index contributed by atoms with van der Waals surface area (Å²) in [4.78, 5) is 11.8. The Hall–Kier alpha value is -1.51. The van der Waals surface area contributed by atoms with E-state index in [9.17, 15) is 4.79 Å². The van der Waals surface area contributed by atoms with Crippen molar-refractivity contribution in [3.63, 3.8) is 0 Å². The van der Waals surface area contributed by atoms with E-state index < -0.39 is 0 Å². The predicted molar refractivity (Wildman–Crippen MR) is 74.3 cm³/mol.